The first-order valence-corrected chi connectivity index (χ1v) is 22.1. The van der Waals surface area contributed by atoms with E-state index in [2.05, 4.69) is 6.92 Å². The molecule has 288 valence electrons. The van der Waals surface area contributed by atoms with Gasteiger partial charge in [-0.25, -0.2) is 8.42 Å². The topological polar surface area (TPSA) is 71.1 Å². The van der Waals surface area contributed by atoms with E-state index >= 15 is 0 Å². The zero-order valence-corrected chi connectivity index (χ0v) is 32.7. The highest BCUT2D eigenvalue weighted by Gasteiger charge is 2.45. The van der Waals surface area contributed by atoms with Crippen LogP contribution in [0.3, 0.4) is 0 Å². The number of hydrogen-bond acceptors (Lipinski definition) is 6. The molecule has 3 aromatic rings. The third-order valence-electron chi connectivity index (χ3n) is 10.2. The average molecular weight is 735 g/mol. The van der Waals surface area contributed by atoms with Crippen LogP contribution in [-0.4, -0.2) is 44.5 Å². The van der Waals surface area contributed by atoms with Gasteiger partial charge in [-0.05, 0) is 23.1 Å². The molecule has 0 radical (unpaired) electrons. The van der Waals surface area contributed by atoms with Crippen molar-refractivity contribution in [1.82, 2.24) is 0 Å². The highest BCUT2D eigenvalue weighted by molar-refractivity contribution is 7.91. The third-order valence-corrected chi connectivity index (χ3v) is 12.1. The van der Waals surface area contributed by atoms with Crippen molar-refractivity contribution in [1.29, 1.82) is 0 Å². The van der Waals surface area contributed by atoms with Crippen molar-refractivity contribution in [2.75, 3.05) is 12.4 Å². The molecule has 0 saturated carbocycles. The fraction of sp³-hybridized carbons (Fsp3) is 0.600. The second kappa shape index (κ2) is 25.5. The lowest BCUT2D eigenvalue weighted by Crippen LogP contribution is -2.54. The van der Waals surface area contributed by atoms with Crippen LogP contribution in [0.5, 0.6) is 0 Å². The van der Waals surface area contributed by atoms with E-state index in [1.165, 1.54) is 83.5 Å². The van der Waals surface area contributed by atoms with E-state index in [9.17, 15) is 8.42 Å². The third kappa shape index (κ3) is 16.6. The average Bonchev–Trinajstić information content (AvgIpc) is 3.17. The van der Waals surface area contributed by atoms with Crippen LogP contribution >= 0.6 is 0 Å². The molecular weight excluding hydrogens is 669 g/mol. The molecule has 0 N–H and O–H groups in total. The van der Waals surface area contributed by atoms with E-state index in [0.717, 1.165) is 29.5 Å². The maximum absolute atomic E-state index is 13.8. The lowest BCUT2D eigenvalue weighted by atomic mass is 10.0. The Kier molecular flexibility index (Phi) is 20.7. The number of rotatable bonds is 28. The Hall–Kier alpha value is -2.55. The van der Waals surface area contributed by atoms with Gasteiger partial charge in [0.1, 0.15) is 12.2 Å². The summed E-state index contributed by atoms with van der Waals surface area (Å²) in [5, 5.41) is 0. The molecule has 0 spiro atoms. The predicted octanol–water partition coefficient (Wildman–Crippen LogP) is 11.2. The maximum Gasteiger partial charge on any atom is 0.177 e. The number of benzene rings is 3. The molecule has 0 bridgehead atoms. The number of hydrogen-bond donors (Lipinski definition) is 0. The second-order valence-corrected chi connectivity index (χ2v) is 16.9. The molecule has 7 heteroatoms. The van der Waals surface area contributed by atoms with Crippen molar-refractivity contribution < 1.29 is 27.4 Å². The van der Waals surface area contributed by atoms with Crippen LogP contribution in [0.1, 0.15) is 133 Å². The summed E-state index contributed by atoms with van der Waals surface area (Å²) in [6, 6.07) is 30.0. The maximum atomic E-state index is 13.8. The first-order chi connectivity index (χ1) is 25.5. The minimum Gasteiger partial charge on any atom is -0.374 e. The van der Waals surface area contributed by atoms with Gasteiger partial charge in [0.25, 0.3) is 0 Å². The summed E-state index contributed by atoms with van der Waals surface area (Å²) in [5.41, 5.74) is 2.14. The summed E-state index contributed by atoms with van der Waals surface area (Å²) in [7, 11) is -3.53. The fourth-order valence-corrected chi connectivity index (χ4v) is 8.69. The number of ether oxygens (including phenoxy) is 4. The number of sulfone groups is 1. The summed E-state index contributed by atoms with van der Waals surface area (Å²) in [4.78, 5) is 0. The van der Waals surface area contributed by atoms with Crippen LogP contribution in [0.4, 0.5) is 0 Å². The highest BCUT2D eigenvalue weighted by atomic mass is 32.2. The largest absolute Gasteiger partial charge is 0.374 e. The Morgan fingerprint density at radius 2 is 0.981 bits per heavy atom. The van der Waals surface area contributed by atoms with E-state index < -0.39 is 33.6 Å². The molecule has 0 unspecified atom stereocenters. The van der Waals surface area contributed by atoms with Crippen molar-refractivity contribution in [2.45, 2.75) is 160 Å². The minimum absolute atomic E-state index is 0.120. The molecule has 1 heterocycles. The molecule has 3 aromatic carbocycles. The van der Waals surface area contributed by atoms with E-state index in [1.807, 2.05) is 91.0 Å². The van der Waals surface area contributed by atoms with Gasteiger partial charge in [0, 0.05) is 6.42 Å². The van der Waals surface area contributed by atoms with E-state index in [-0.39, 0.29) is 18.8 Å². The summed E-state index contributed by atoms with van der Waals surface area (Å²) in [5.74, 6) is 0.120. The summed E-state index contributed by atoms with van der Waals surface area (Å²) >= 11 is 0. The lowest BCUT2D eigenvalue weighted by Gasteiger charge is -2.41. The zero-order chi connectivity index (χ0) is 36.5. The Balaban J connectivity index is 1.26. The fourth-order valence-electron chi connectivity index (χ4n) is 7.03. The van der Waals surface area contributed by atoms with Gasteiger partial charge in [0.2, 0.25) is 0 Å². The van der Waals surface area contributed by atoms with Crippen LogP contribution < -0.4 is 0 Å². The minimum atomic E-state index is -3.53. The molecule has 52 heavy (non-hydrogen) atoms. The normalized spacial score (nSPS) is 19.2. The van der Waals surface area contributed by atoms with E-state index in [4.69, 9.17) is 18.9 Å². The van der Waals surface area contributed by atoms with Gasteiger partial charge in [0.15, 0.2) is 15.3 Å². The van der Waals surface area contributed by atoms with Crippen molar-refractivity contribution in [3.8, 4) is 0 Å². The SMILES string of the molecule is CCCCCCCCCCCCCCCCCCS(=O)(=O)[C@@H]1C[C@@H](OCc2ccccc2)[C@H](OCc2ccccc2)[C@@H](COCc2ccccc2)O1. The molecule has 6 nitrogen and oxygen atoms in total. The van der Waals surface area contributed by atoms with Crippen molar-refractivity contribution in [3.05, 3.63) is 108 Å². The Morgan fingerprint density at radius 3 is 1.46 bits per heavy atom. The Bertz CT molecular complexity index is 1400. The van der Waals surface area contributed by atoms with E-state index in [0.29, 0.717) is 26.2 Å². The van der Waals surface area contributed by atoms with Crippen molar-refractivity contribution >= 4 is 9.84 Å². The second-order valence-electron chi connectivity index (χ2n) is 14.6. The van der Waals surface area contributed by atoms with Gasteiger partial charge in [0.05, 0.1) is 38.3 Å². The standard InChI is InChI=1S/C45H66O6S/c1-2-3-4-5-6-7-8-9-10-11-12-13-14-15-16-26-33-52(46,47)44-34-42(49-36-40-29-22-18-23-30-40)45(50-37-41-31-24-19-25-32-41)43(51-44)38-48-35-39-27-20-17-21-28-39/h17-25,27-32,42-45H,2-16,26,33-38H2,1H3/t42-,43-,44-,45+/m1/s1. The molecule has 0 aromatic heterocycles. The molecular formula is C45H66O6S. The van der Waals surface area contributed by atoms with E-state index in [1.54, 1.807) is 0 Å². The molecule has 1 aliphatic rings. The van der Waals surface area contributed by atoms with Crippen LogP contribution in [0.25, 0.3) is 0 Å². The van der Waals surface area contributed by atoms with Crippen molar-refractivity contribution in [2.24, 2.45) is 0 Å². The molecule has 4 rings (SSSR count). The first-order valence-electron chi connectivity index (χ1n) is 20.3. The van der Waals surface area contributed by atoms with Gasteiger partial charge in [-0.3, -0.25) is 0 Å². The van der Waals surface area contributed by atoms with Crippen LogP contribution in [0.2, 0.25) is 0 Å². The van der Waals surface area contributed by atoms with Gasteiger partial charge in [-0.15, -0.1) is 0 Å². The monoisotopic (exact) mass is 734 g/mol. The molecule has 1 fully saturated rings. The molecule has 0 amide bonds. The zero-order valence-electron chi connectivity index (χ0n) is 31.9. The summed E-state index contributed by atoms with van der Waals surface area (Å²) in [6.45, 7) is 3.60. The predicted molar refractivity (Wildman–Crippen MR) is 213 cm³/mol. The summed E-state index contributed by atoms with van der Waals surface area (Å²) in [6.07, 6.45) is 18.7. The summed E-state index contributed by atoms with van der Waals surface area (Å²) < 4.78 is 53.2. The van der Waals surface area contributed by atoms with Crippen LogP contribution in [0, 0.1) is 0 Å². The molecule has 0 aliphatic carbocycles. The first kappa shape index (κ1) is 42.2. The van der Waals surface area contributed by atoms with Crippen molar-refractivity contribution in [3.63, 3.8) is 0 Å². The highest BCUT2D eigenvalue weighted by Crippen LogP contribution is 2.31. The smallest absolute Gasteiger partial charge is 0.177 e. The molecule has 1 aliphatic heterocycles. The van der Waals surface area contributed by atoms with Gasteiger partial charge < -0.3 is 18.9 Å². The Morgan fingerprint density at radius 1 is 0.558 bits per heavy atom. The lowest BCUT2D eigenvalue weighted by molar-refractivity contribution is -0.205. The number of unbranched alkanes of at least 4 members (excludes halogenated alkanes) is 15. The van der Waals surface area contributed by atoms with Crippen LogP contribution in [0.15, 0.2) is 91.0 Å². The Labute approximate surface area is 315 Å². The van der Waals surface area contributed by atoms with Gasteiger partial charge in [-0.1, -0.05) is 194 Å². The van der Waals surface area contributed by atoms with Crippen LogP contribution in [-0.2, 0) is 48.6 Å². The molecule has 4 atom stereocenters. The quantitative estimate of drug-likeness (QED) is 0.0692. The van der Waals surface area contributed by atoms with Gasteiger partial charge >= 0.3 is 0 Å². The van der Waals surface area contributed by atoms with Gasteiger partial charge in [-0.2, -0.15) is 0 Å². The molecule has 1 saturated heterocycles.